The van der Waals surface area contributed by atoms with E-state index in [0.717, 1.165) is 32.1 Å². The van der Waals surface area contributed by atoms with Gasteiger partial charge in [0.25, 0.3) is 0 Å². The van der Waals surface area contributed by atoms with Crippen molar-refractivity contribution in [3.8, 4) is 0 Å². The summed E-state index contributed by atoms with van der Waals surface area (Å²) in [5.41, 5.74) is -0.443. The fourth-order valence-electron chi connectivity index (χ4n) is 3.05. The summed E-state index contributed by atoms with van der Waals surface area (Å²) < 4.78 is 1.82. The van der Waals surface area contributed by atoms with E-state index < -0.39 is 5.60 Å². The molecule has 0 saturated heterocycles. The number of aliphatic hydroxyl groups is 1. The number of rotatable bonds is 6. The third-order valence-electron chi connectivity index (χ3n) is 4.48. The number of carbonyl (C=O) groups is 1. The van der Waals surface area contributed by atoms with Gasteiger partial charge in [-0.1, -0.05) is 25.0 Å². The highest BCUT2D eigenvalue weighted by Gasteiger charge is 2.31. The Morgan fingerprint density at radius 3 is 2.78 bits per heavy atom. The third kappa shape index (κ3) is 4.47. The number of hydrogen-bond acceptors (Lipinski definition) is 5. The summed E-state index contributed by atoms with van der Waals surface area (Å²) in [6, 6.07) is 0.185. The number of nitrogens with zero attached hydrogens (tertiary/aromatic N) is 3. The van der Waals surface area contributed by atoms with Crippen molar-refractivity contribution in [3.63, 3.8) is 0 Å². The fraction of sp³-hybridized carbons (Fsp3) is 0.812. The first-order chi connectivity index (χ1) is 10.9. The molecular weight excluding hydrogens is 312 g/mol. The predicted molar refractivity (Wildman–Crippen MR) is 92.3 cm³/mol. The number of hydrogen-bond donors (Lipinski definition) is 2. The Kier molecular flexibility index (Phi) is 6.08. The summed E-state index contributed by atoms with van der Waals surface area (Å²) in [7, 11) is 0. The van der Waals surface area contributed by atoms with Gasteiger partial charge in [-0.05, 0) is 39.4 Å². The van der Waals surface area contributed by atoms with E-state index in [1.165, 1.54) is 0 Å². The maximum Gasteiger partial charge on any atom is 0.233 e. The van der Waals surface area contributed by atoms with Crippen LogP contribution in [-0.2, 0) is 10.4 Å². The van der Waals surface area contributed by atoms with Gasteiger partial charge >= 0.3 is 0 Å². The molecule has 0 aliphatic heterocycles. The summed E-state index contributed by atoms with van der Waals surface area (Å²) in [4.78, 5) is 12.4. The smallest absolute Gasteiger partial charge is 0.233 e. The van der Waals surface area contributed by atoms with Crippen LogP contribution in [0.5, 0.6) is 0 Å². The van der Waals surface area contributed by atoms with Gasteiger partial charge in [0.15, 0.2) is 0 Å². The quantitative estimate of drug-likeness (QED) is 0.830. The molecule has 23 heavy (non-hydrogen) atoms. The molecule has 1 aliphatic rings. The Labute approximate surface area is 142 Å². The lowest BCUT2D eigenvalue weighted by atomic mass is 9.90. The lowest BCUT2D eigenvalue weighted by Crippen LogP contribution is -2.46. The monoisotopic (exact) mass is 340 g/mol. The zero-order chi connectivity index (χ0) is 17.0. The first kappa shape index (κ1) is 18.3. The molecule has 1 aliphatic carbocycles. The number of amides is 1. The lowest BCUT2D eigenvalue weighted by molar-refractivity contribution is -0.121. The minimum absolute atomic E-state index is 0.000240. The number of thioether (sulfide) groups is 1. The zero-order valence-corrected chi connectivity index (χ0v) is 15.3. The molecule has 3 atom stereocenters. The molecule has 130 valence electrons. The minimum Gasteiger partial charge on any atom is -0.384 e. The van der Waals surface area contributed by atoms with Crippen molar-refractivity contribution in [2.45, 2.75) is 75.8 Å². The molecule has 0 radical (unpaired) electrons. The van der Waals surface area contributed by atoms with Crippen LogP contribution in [0, 0.1) is 0 Å². The zero-order valence-electron chi connectivity index (χ0n) is 14.5. The van der Waals surface area contributed by atoms with Crippen LogP contribution in [0.1, 0.15) is 64.6 Å². The van der Waals surface area contributed by atoms with Gasteiger partial charge in [0.2, 0.25) is 5.91 Å². The molecule has 0 aromatic carbocycles. The average Bonchev–Trinajstić information content (AvgIpc) is 2.99. The first-order valence-electron chi connectivity index (χ1n) is 8.34. The van der Waals surface area contributed by atoms with Gasteiger partial charge in [0.1, 0.15) is 11.3 Å². The molecule has 0 spiro atoms. The molecule has 6 nitrogen and oxygen atoms in total. The van der Waals surface area contributed by atoms with E-state index in [9.17, 15) is 9.90 Å². The van der Waals surface area contributed by atoms with Gasteiger partial charge in [-0.3, -0.25) is 4.79 Å². The summed E-state index contributed by atoms with van der Waals surface area (Å²) in [6.07, 6.45) is 8.77. The van der Waals surface area contributed by atoms with Crippen LogP contribution < -0.4 is 5.32 Å². The molecule has 1 aromatic rings. The molecule has 1 amide bonds. The van der Waals surface area contributed by atoms with E-state index in [0.29, 0.717) is 5.69 Å². The summed E-state index contributed by atoms with van der Waals surface area (Å²) in [6.45, 7) is 5.43. The Bertz CT molecular complexity index is 522. The first-order valence-corrected chi connectivity index (χ1v) is 9.63. The van der Waals surface area contributed by atoms with Crippen molar-refractivity contribution >= 4 is 17.7 Å². The van der Waals surface area contributed by atoms with Crippen molar-refractivity contribution in [1.82, 2.24) is 20.3 Å². The van der Waals surface area contributed by atoms with Crippen LogP contribution in [0.3, 0.4) is 0 Å². The Hall–Kier alpha value is -1.08. The second-order valence-electron chi connectivity index (χ2n) is 6.74. The van der Waals surface area contributed by atoms with Crippen LogP contribution in [0.25, 0.3) is 0 Å². The highest BCUT2D eigenvalue weighted by molar-refractivity contribution is 7.99. The molecular formula is C16H28N4O2S. The summed E-state index contributed by atoms with van der Waals surface area (Å²) in [5.74, 6) is 0.111. The average molecular weight is 340 g/mol. The van der Waals surface area contributed by atoms with Crippen molar-refractivity contribution in [3.05, 3.63) is 11.9 Å². The largest absolute Gasteiger partial charge is 0.384 e. The molecule has 1 aromatic heterocycles. The van der Waals surface area contributed by atoms with Crippen molar-refractivity contribution < 1.29 is 9.90 Å². The second-order valence-corrected chi connectivity index (χ2v) is 7.78. The van der Waals surface area contributed by atoms with Crippen LogP contribution in [-0.4, -0.2) is 43.6 Å². The van der Waals surface area contributed by atoms with Crippen molar-refractivity contribution in [2.75, 3.05) is 6.26 Å². The van der Waals surface area contributed by atoms with E-state index in [1.54, 1.807) is 31.8 Å². The summed E-state index contributed by atoms with van der Waals surface area (Å²) in [5, 5.41) is 21.6. The number of nitrogens with one attached hydrogen (secondary N) is 1. The van der Waals surface area contributed by atoms with Gasteiger partial charge in [-0.2, -0.15) is 11.8 Å². The highest BCUT2D eigenvalue weighted by atomic mass is 32.2. The molecule has 1 saturated carbocycles. The number of aromatic nitrogens is 3. The van der Waals surface area contributed by atoms with Crippen LogP contribution in [0.2, 0.25) is 0 Å². The Morgan fingerprint density at radius 1 is 1.52 bits per heavy atom. The fourth-order valence-corrected chi connectivity index (χ4v) is 3.67. The maximum absolute atomic E-state index is 12.4. The molecule has 1 fully saturated rings. The van der Waals surface area contributed by atoms with Gasteiger partial charge < -0.3 is 10.4 Å². The minimum atomic E-state index is -1.00. The van der Waals surface area contributed by atoms with Gasteiger partial charge in [-0.25, -0.2) is 4.68 Å². The van der Waals surface area contributed by atoms with Crippen LogP contribution in [0.15, 0.2) is 6.20 Å². The SMILES string of the molecule is CC[C@H](SC)C(=O)N[C@H]1CCCC[C@H]1n1cc(C(C)(C)O)nn1. The molecule has 2 rings (SSSR count). The van der Waals surface area contributed by atoms with Crippen molar-refractivity contribution in [2.24, 2.45) is 0 Å². The van der Waals surface area contributed by atoms with Crippen molar-refractivity contribution in [1.29, 1.82) is 0 Å². The van der Waals surface area contributed by atoms with Crippen LogP contribution in [0.4, 0.5) is 0 Å². The standard InChI is InChI=1S/C16H28N4O2S/c1-5-13(23-4)15(21)17-11-8-6-7-9-12(11)20-10-14(18-19-20)16(2,3)22/h10-13,22H,5-9H2,1-4H3,(H,17,21)/t11-,12+,13-/m0/s1. The third-order valence-corrected chi connectivity index (χ3v) is 5.60. The normalized spacial score (nSPS) is 23.5. The number of carbonyl (C=O) groups excluding carboxylic acids is 1. The maximum atomic E-state index is 12.4. The molecule has 0 bridgehead atoms. The van der Waals surface area contributed by atoms with E-state index in [2.05, 4.69) is 15.6 Å². The van der Waals surface area contributed by atoms with E-state index in [1.807, 2.05) is 17.9 Å². The van der Waals surface area contributed by atoms with E-state index in [4.69, 9.17) is 0 Å². The highest BCUT2D eigenvalue weighted by Crippen LogP contribution is 2.29. The lowest BCUT2D eigenvalue weighted by Gasteiger charge is -2.32. The predicted octanol–water partition coefficient (Wildman–Crippen LogP) is 2.25. The van der Waals surface area contributed by atoms with Crippen LogP contribution >= 0.6 is 11.8 Å². The van der Waals surface area contributed by atoms with Gasteiger partial charge in [0.05, 0.1) is 23.5 Å². The van der Waals surface area contributed by atoms with E-state index in [-0.39, 0.29) is 23.2 Å². The van der Waals surface area contributed by atoms with Gasteiger partial charge in [-0.15, -0.1) is 5.10 Å². The summed E-state index contributed by atoms with van der Waals surface area (Å²) >= 11 is 1.59. The molecule has 1 heterocycles. The molecule has 7 heteroatoms. The topological polar surface area (TPSA) is 80.0 Å². The van der Waals surface area contributed by atoms with E-state index >= 15 is 0 Å². The molecule has 0 unspecified atom stereocenters. The Morgan fingerprint density at radius 2 is 2.22 bits per heavy atom. The Balaban J connectivity index is 2.12. The second kappa shape index (κ2) is 7.66. The molecule has 2 N–H and O–H groups in total. The van der Waals surface area contributed by atoms with Gasteiger partial charge in [0, 0.05) is 0 Å².